The zero-order valence-electron chi connectivity index (χ0n) is 12.5. The van der Waals surface area contributed by atoms with Crippen molar-refractivity contribution >= 4 is 21.9 Å². The average molecular weight is 297 g/mol. The number of aliphatic hydroxyl groups excluding tert-OH is 1. The normalized spacial score (nSPS) is 12.8. The summed E-state index contributed by atoms with van der Waals surface area (Å²) in [7, 11) is 0. The molecule has 0 aliphatic heterocycles. The molecule has 0 fully saturated rings. The maximum absolute atomic E-state index is 12.6. The summed E-state index contributed by atoms with van der Waals surface area (Å²) in [6.07, 6.45) is 0.858. The van der Waals surface area contributed by atoms with Gasteiger partial charge in [0.1, 0.15) is 11.2 Å². The minimum Gasteiger partial charge on any atom is -0.456 e. The van der Waals surface area contributed by atoms with Crippen LogP contribution in [0.4, 0.5) is 0 Å². The Bertz CT molecular complexity index is 850. The van der Waals surface area contributed by atoms with Crippen LogP contribution in [0.25, 0.3) is 21.9 Å². The fraction of sp³-hybridized carbons (Fsp3) is 0.278. The van der Waals surface area contributed by atoms with E-state index in [1.54, 1.807) is 12.1 Å². The Labute approximate surface area is 128 Å². The van der Waals surface area contributed by atoms with Crippen LogP contribution in [0.3, 0.4) is 0 Å². The second-order valence-electron chi connectivity index (χ2n) is 5.43. The Morgan fingerprint density at radius 3 is 2.68 bits per heavy atom. The molecule has 1 heterocycles. The standard InChI is InChI=1S/C18H19NO3/c1-2-13(11-20)19-10-12-7-8-17-15(9-12)18(21)14-5-3-4-6-16(14)22-17/h3-9,13,19-20H,2,10-11H2,1H3. The summed E-state index contributed by atoms with van der Waals surface area (Å²) in [6.45, 7) is 2.74. The monoisotopic (exact) mass is 297 g/mol. The van der Waals surface area contributed by atoms with Gasteiger partial charge in [-0.2, -0.15) is 0 Å². The van der Waals surface area contributed by atoms with Crippen molar-refractivity contribution in [1.29, 1.82) is 0 Å². The van der Waals surface area contributed by atoms with Gasteiger partial charge in [0.05, 0.1) is 17.4 Å². The quantitative estimate of drug-likeness (QED) is 0.711. The SMILES string of the molecule is CCC(CO)NCc1ccc2oc3ccccc3c(=O)c2c1. The third-order valence-electron chi connectivity index (χ3n) is 3.95. The number of rotatable bonds is 5. The Hall–Kier alpha value is -2.17. The topological polar surface area (TPSA) is 62.5 Å². The van der Waals surface area contributed by atoms with Crippen LogP contribution in [0.15, 0.2) is 51.7 Å². The van der Waals surface area contributed by atoms with Gasteiger partial charge in [-0.1, -0.05) is 25.1 Å². The first-order valence-corrected chi connectivity index (χ1v) is 7.51. The summed E-state index contributed by atoms with van der Waals surface area (Å²) < 4.78 is 5.79. The molecule has 1 unspecified atom stereocenters. The van der Waals surface area contributed by atoms with Crippen molar-refractivity contribution in [2.45, 2.75) is 25.9 Å². The van der Waals surface area contributed by atoms with Crippen molar-refractivity contribution in [3.63, 3.8) is 0 Å². The Kier molecular flexibility index (Phi) is 4.22. The molecule has 0 bridgehead atoms. The zero-order valence-corrected chi connectivity index (χ0v) is 12.5. The third kappa shape index (κ3) is 2.75. The molecule has 0 saturated carbocycles. The summed E-state index contributed by atoms with van der Waals surface area (Å²) >= 11 is 0. The van der Waals surface area contributed by atoms with E-state index in [9.17, 15) is 9.90 Å². The molecule has 0 radical (unpaired) electrons. The molecular formula is C18H19NO3. The van der Waals surface area contributed by atoms with Gasteiger partial charge in [0.25, 0.3) is 0 Å². The number of nitrogens with one attached hydrogen (secondary N) is 1. The number of para-hydroxylation sites is 1. The molecule has 1 atom stereocenters. The lowest BCUT2D eigenvalue weighted by atomic mass is 10.1. The number of aliphatic hydroxyl groups is 1. The second-order valence-corrected chi connectivity index (χ2v) is 5.43. The van der Waals surface area contributed by atoms with E-state index in [0.717, 1.165) is 12.0 Å². The maximum atomic E-state index is 12.6. The van der Waals surface area contributed by atoms with Gasteiger partial charge in [0.2, 0.25) is 5.43 Å². The van der Waals surface area contributed by atoms with Crippen molar-refractivity contribution in [3.8, 4) is 0 Å². The first-order valence-electron chi connectivity index (χ1n) is 7.51. The number of benzene rings is 2. The molecule has 4 heteroatoms. The first kappa shape index (κ1) is 14.8. The predicted octanol–water partition coefficient (Wildman–Crippen LogP) is 2.81. The molecule has 0 aliphatic rings. The van der Waals surface area contributed by atoms with Gasteiger partial charge in [-0.15, -0.1) is 0 Å². The smallest absolute Gasteiger partial charge is 0.200 e. The third-order valence-corrected chi connectivity index (χ3v) is 3.95. The van der Waals surface area contributed by atoms with Gasteiger partial charge in [0.15, 0.2) is 0 Å². The second kappa shape index (κ2) is 6.30. The van der Waals surface area contributed by atoms with E-state index in [1.165, 1.54) is 0 Å². The largest absolute Gasteiger partial charge is 0.456 e. The average Bonchev–Trinajstić information content (AvgIpc) is 2.56. The van der Waals surface area contributed by atoms with Crippen molar-refractivity contribution in [3.05, 3.63) is 58.3 Å². The fourth-order valence-corrected chi connectivity index (χ4v) is 2.56. The Morgan fingerprint density at radius 2 is 1.91 bits per heavy atom. The van der Waals surface area contributed by atoms with Gasteiger partial charge in [-0.05, 0) is 36.2 Å². The van der Waals surface area contributed by atoms with Gasteiger partial charge >= 0.3 is 0 Å². The first-order chi connectivity index (χ1) is 10.7. The lowest BCUT2D eigenvalue weighted by Gasteiger charge is -2.14. The summed E-state index contributed by atoms with van der Waals surface area (Å²) in [5.41, 5.74) is 2.20. The molecule has 4 nitrogen and oxygen atoms in total. The maximum Gasteiger partial charge on any atom is 0.200 e. The molecule has 3 aromatic rings. The molecule has 2 N–H and O–H groups in total. The minimum absolute atomic E-state index is 0.00657. The minimum atomic E-state index is -0.00657. The van der Waals surface area contributed by atoms with Crippen molar-refractivity contribution < 1.29 is 9.52 Å². The van der Waals surface area contributed by atoms with Crippen molar-refractivity contribution in [2.24, 2.45) is 0 Å². The predicted molar refractivity (Wildman–Crippen MR) is 88.0 cm³/mol. The van der Waals surface area contributed by atoms with Gasteiger partial charge in [0, 0.05) is 12.6 Å². The zero-order chi connectivity index (χ0) is 15.5. The Morgan fingerprint density at radius 1 is 1.14 bits per heavy atom. The van der Waals surface area contributed by atoms with Crippen LogP contribution in [0, 0.1) is 0 Å². The van der Waals surface area contributed by atoms with E-state index in [2.05, 4.69) is 5.32 Å². The van der Waals surface area contributed by atoms with Crippen LogP contribution in [0.1, 0.15) is 18.9 Å². The highest BCUT2D eigenvalue weighted by atomic mass is 16.3. The molecule has 3 rings (SSSR count). The van der Waals surface area contributed by atoms with Gasteiger partial charge < -0.3 is 14.8 Å². The summed E-state index contributed by atoms with van der Waals surface area (Å²) in [5.74, 6) is 0. The molecule has 22 heavy (non-hydrogen) atoms. The van der Waals surface area contributed by atoms with Gasteiger partial charge in [-0.25, -0.2) is 0 Å². The lowest BCUT2D eigenvalue weighted by Crippen LogP contribution is -2.31. The molecule has 0 saturated heterocycles. The van der Waals surface area contributed by atoms with Crippen molar-refractivity contribution in [1.82, 2.24) is 5.32 Å². The van der Waals surface area contributed by atoms with Crippen LogP contribution in [-0.4, -0.2) is 17.8 Å². The van der Waals surface area contributed by atoms with Crippen LogP contribution in [0.5, 0.6) is 0 Å². The van der Waals surface area contributed by atoms with E-state index in [0.29, 0.717) is 28.5 Å². The van der Waals surface area contributed by atoms with Crippen LogP contribution in [0.2, 0.25) is 0 Å². The molecule has 2 aromatic carbocycles. The van der Waals surface area contributed by atoms with E-state index >= 15 is 0 Å². The van der Waals surface area contributed by atoms with E-state index in [4.69, 9.17) is 4.42 Å². The van der Waals surface area contributed by atoms with Crippen LogP contribution >= 0.6 is 0 Å². The van der Waals surface area contributed by atoms with Crippen LogP contribution < -0.4 is 10.7 Å². The number of hydrogen-bond acceptors (Lipinski definition) is 4. The molecule has 0 spiro atoms. The molecule has 114 valence electrons. The van der Waals surface area contributed by atoms with Gasteiger partial charge in [-0.3, -0.25) is 4.79 Å². The summed E-state index contributed by atoms with van der Waals surface area (Å²) in [4.78, 5) is 12.6. The van der Waals surface area contributed by atoms with Crippen molar-refractivity contribution in [2.75, 3.05) is 6.61 Å². The van der Waals surface area contributed by atoms with E-state index in [-0.39, 0.29) is 18.1 Å². The fourth-order valence-electron chi connectivity index (χ4n) is 2.56. The van der Waals surface area contributed by atoms with E-state index < -0.39 is 0 Å². The summed E-state index contributed by atoms with van der Waals surface area (Å²) in [6, 6.07) is 13.0. The molecule has 0 aliphatic carbocycles. The Balaban J connectivity index is 2.00. The number of fused-ring (bicyclic) bond motifs is 2. The molecular weight excluding hydrogens is 278 g/mol. The molecule has 0 amide bonds. The lowest BCUT2D eigenvalue weighted by molar-refractivity contribution is 0.238. The van der Waals surface area contributed by atoms with Crippen LogP contribution in [-0.2, 0) is 6.54 Å². The molecule has 1 aromatic heterocycles. The van der Waals surface area contributed by atoms with E-state index in [1.807, 2.05) is 37.3 Å². The summed E-state index contributed by atoms with van der Waals surface area (Å²) in [5, 5.41) is 13.7. The highest BCUT2D eigenvalue weighted by Crippen LogP contribution is 2.19. The highest BCUT2D eigenvalue weighted by molar-refractivity contribution is 5.89. The highest BCUT2D eigenvalue weighted by Gasteiger charge is 2.09. The number of hydrogen-bond donors (Lipinski definition) is 2.